The average Bonchev–Trinajstić information content (AvgIpc) is 2.32. The second-order valence-corrected chi connectivity index (χ2v) is 6.39. The normalized spacial score (nSPS) is 25.2. The number of aliphatic hydroxyl groups excluding tert-OH is 1. The smallest absolute Gasteiger partial charge is 0.407 e. The molecule has 0 radical (unpaired) electrons. The van der Waals surface area contributed by atoms with Crippen LogP contribution in [0.3, 0.4) is 0 Å². The molecule has 21 heavy (non-hydrogen) atoms. The third kappa shape index (κ3) is 4.23. The largest absolute Gasteiger partial charge is 0.465 e. The number of hydrogen-bond donors (Lipinski definition) is 2. The predicted molar refractivity (Wildman–Crippen MR) is 71.1 cm³/mol. The Balaban J connectivity index is 3.18. The number of amides is 1. The van der Waals surface area contributed by atoms with E-state index >= 15 is 0 Å². The molecule has 0 aromatic rings. The minimum Gasteiger partial charge on any atom is -0.465 e. The number of carboxylic acid groups (broad SMARTS) is 1. The van der Waals surface area contributed by atoms with E-state index in [1.54, 1.807) is 20.8 Å². The van der Waals surface area contributed by atoms with Crippen LogP contribution in [0.4, 0.5) is 18.0 Å². The van der Waals surface area contributed by atoms with Crippen molar-refractivity contribution in [1.82, 2.24) is 9.80 Å². The van der Waals surface area contributed by atoms with Gasteiger partial charge >= 0.3 is 12.3 Å². The first kappa shape index (κ1) is 18.0. The molecule has 1 saturated heterocycles. The number of rotatable bonds is 3. The van der Waals surface area contributed by atoms with Gasteiger partial charge in [0.1, 0.15) is 6.04 Å². The Bertz CT molecular complexity index is 369. The van der Waals surface area contributed by atoms with E-state index in [0.717, 1.165) is 4.90 Å². The molecular formula is C13H23F3N2O3. The van der Waals surface area contributed by atoms with Crippen molar-refractivity contribution in [3.8, 4) is 0 Å². The van der Waals surface area contributed by atoms with Gasteiger partial charge in [-0.05, 0) is 11.8 Å². The van der Waals surface area contributed by atoms with Crippen molar-refractivity contribution < 1.29 is 28.2 Å². The van der Waals surface area contributed by atoms with Crippen molar-refractivity contribution in [2.75, 3.05) is 26.2 Å². The first-order chi connectivity index (χ1) is 9.50. The zero-order valence-corrected chi connectivity index (χ0v) is 12.5. The van der Waals surface area contributed by atoms with Crippen molar-refractivity contribution in [3.63, 3.8) is 0 Å². The number of halogens is 3. The summed E-state index contributed by atoms with van der Waals surface area (Å²) in [5.41, 5.74) is -0.851. The second-order valence-electron chi connectivity index (χ2n) is 6.39. The molecule has 1 amide bonds. The molecule has 0 aliphatic carbocycles. The first-order valence-electron chi connectivity index (χ1n) is 6.91. The second kappa shape index (κ2) is 6.39. The van der Waals surface area contributed by atoms with Crippen LogP contribution in [0.15, 0.2) is 0 Å². The Hall–Kier alpha value is -1.02. The fourth-order valence-electron chi connectivity index (χ4n) is 2.95. The molecule has 8 heteroatoms. The SMILES string of the molecule is CC(C)(C)[C@H]1C(C(F)(F)F)N(CCCO)CCN1C(=O)O. The third-order valence-corrected chi connectivity index (χ3v) is 3.73. The van der Waals surface area contributed by atoms with E-state index in [9.17, 15) is 23.1 Å². The lowest BCUT2D eigenvalue weighted by molar-refractivity contribution is -0.219. The number of alkyl halides is 3. The zero-order chi connectivity index (χ0) is 16.4. The summed E-state index contributed by atoms with van der Waals surface area (Å²) >= 11 is 0. The van der Waals surface area contributed by atoms with Gasteiger partial charge in [0.25, 0.3) is 0 Å². The third-order valence-electron chi connectivity index (χ3n) is 3.73. The first-order valence-corrected chi connectivity index (χ1v) is 6.91. The molecule has 2 N–H and O–H groups in total. The molecule has 0 saturated carbocycles. The molecule has 2 atom stereocenters. The van der Waals surface area contributed by atoms with Crippen molar-refractivity contribution >= 4 is 6.09 Å². The van der Waals surface area contributed by atoms with E-state index in [1.165, 1.54) is 4.90 Å². The maximum absolute atomic E-state index is 13.5. The Labute approximate surface area is 122 Å². The highest BCUT2D eigenvalue weighted by Crippen LogP contribution is 2.39. The number of hydrogen-bond acceptors (Lipinski definition) is 3. The molecule has 1 fully saturated rings. The van der Waals surface area contributed by atoms with E-state index in [-0.39, 0.29) is 32.7 Å². The highest BCUT2D eigenvalue weighted by atomic mass is 19.4. The molecular weight excluding hydrogens is 289 g/mol. The topological polar surface area (TPSA) is 64.0 Å². The van der Waals surface area contributed by atoms with Gasteiger partial charge in [0, 0.05) is 26.2 Å². The Morgan fingerprint density at radius 1 is 1.19 bits per heavy atom. The molecule has 1 rings (SSSR count). The van der Waals surface area contributed by atoms with E-state index in [1.807, 2.05) is 0 Å². The van der Waals surface area contributed by atoms with Crippen LogP contribution in [-0.2, 0) is 0 Å². The molecule has 0 bridgehead atoms. The van der Waals surface area contributed by atoms with Gasteiger partial charge in [0.15, 0.2) is 0 Å². The summed E-state index contributed by atoms with van der Waals surface area (Å²) in [5.74, 6) is 0. The molecule has 0 aromatic heterocycles. The van der Waals surface area contributed by atoms with Gasteiger partial charge < -0.3 is 15.1 Å². The summed E-state index contributed by atoms with van der Waals surface area (Å²) < 4.78 is 40.5. The van der Waals surface area contributed by atoms with E-state index in [2.05, 4.69) is 0 Å². The molecule has 1 aliphatic rings. The monoisotopic (exact) mass is 312 g/mol. The van der Waals surface area contributed by atoms with Crippen molar-refractivity contribution in [3.05, 3.63) is 0 Å². The van der Waals surface area contributed by atoms with Crippen LogP contribution >= 0.6 is 0 Å². The van der Waals surface area contributed by atoms with Gasteiger partial charge in [0.05, 0.1) is 6.04 Å². The molecule has 0 aromatic carbocycles. The highest BCUT2D eigenvalue weighted by Gasteiger charge is 2.56. The molecule has 1 heterocycles. The zero-order valence-electron chi connectivity index (χ0n) is 12.5. The standard InChI is InChI=1S/C13H23F3N2O3/c1-12(2,3)9-10(13(14,15)16)17(5-4-8-19)6-7-18(9)11(20)21/h9-10,19H,4-8H2,1-3H3,(H,20,21)/t9-,10?/m1/s1. The summed E-state index contributed by atoms with van der Waals surface area (Å²) in [5, 5.41) is 18.1. The fraction of sp³-hybridized carbons (Fsp3) is 0.923. The van der Waals surface area contributed by atoms with Gasteiger partial charge in [-0.1, -0.05) is 20.8 Å². The van der Waals surface area contributed by atoms with Crippen LogP contribution in [0.5, 0.6) is 0 Å². The summed E-state index contributed by atoms with van der Waals surface area (Å²) in [4.78, 5) is 13.4. The summed E-state index contributed by atoms with van der Waals surface area (Å²) in [6.07, 6.45) is -5.62. The summed E-state index contributed by atoms with van der Waals surface area (Å²) in [6.45, 7) is 4.80. The quantitative estimate of drug-likeness (QED) is 0.837. The molecule has 5 nitrogen and oxygen atoms in total. The van der Waals surface area contributed by atoms with Crippen molar-refractivity contribution in [1.29, 1.82) is 0 Å². The molecule has 124 valence electrons. The maximum Gasteiger partial charge on any atom is 0.407 e. The Kier molecular flexibility index (Phi) is 5.49. The Morgan fingerprint density at radius 2 is 1.76 bits per heavy atom. The van der Waals surface area contributed by atoms with Gasteiger partial charge in [-0.15, -0.1) is 0 Å². The number of piperazine rings is 1. The summed E-state index contributed by atoms with van der Waals surface area (Å²) in [7, 11) is 0. The highest BCUT2D eigenvalue weighted by molar-refractivity contribution is 5.66. The van der Waals surface area contributed by atoms with Crippen LogP contribution in [0.25, 0.3) is 0 Å². The van der Waals surface area contributed by atoms with Gasteiger partial charge in [-0.3, -0.25) is 4.90 Å². The predicted octanol–water partition coefficient (Wildman–Crippen LogP) is 2.01. The van der Waals surface area contributed by atoms with Crippen LogP contribution in [0.2, 0.25) is 0 Å². The van der Waals surface area contributed by atoms with Crippen molar-refractivity contribution in [2.45, 2.75) is 45.5 Å². The number of aliphatic hydroxyl groups is 1. The molecule has 1 aliphatic heterocycles. The van der Waals surface area contributed by atoms with Crippen LogP contribution in [0, 0.1) is 5.41 Å². The van der Waals surface area contributed by atoms with E-state index in [4.69, 9.17) is 5.11 Å². The molecule has 0 spiro atoms. The van der Waals surface area contributed by atoms with Gasteiger partial charge in [-0.2, -0.15) is 13.2 Å². The average molecular weight is 312 g/mol. The van der Waals surface area contributed by atoms with Crippen LogP contribution in [0.1, 0.15) is 27.2 Å². The maximum atomic E-state index is 13.5. The summed E-state index contributed by atoms with van der Waals surface area (Å²) in [6, 6.07) is -3.03. The lowest BCUT2D eigenvalue weighted by Gasteiger charge is -2.51. The minimum absolute atomic E-state index is 0.0169. The number of carbonyl (C=O) groups is 1. The Morgan fingerprint density at radius 3 is 2.14 bits per heavy atom. The van der Waals surface area contributed by atoms with Crippen LogP contribution < -0.4 is 0 Å². The number of nitrogens with zero attached hydrogens (tertiary/aromatic N) is 2. The van der Waals surface area contributed by atoms with Crippen LogP contribution in [-0.4, -0.2) is 70.6 Å². The van der Waals surface area contributed by atoms with Gasteiger partial charge in [0.2, 0.25) is 0 Å². The van der Waals surface area contributed by atoms with E-state index < -0.39 is 29.8 Å². The van der Waals surface area contributed by atoms with Crippen molar-refractivity contribution in [2.24, 2.45) is 5.41 Å². The fourth-order valence-corrected chi connectivity index (χ4v) is 2.95. The lowest BCUT2D eigenvalue weighted by atomic mass is 9.79. The lowest BCUT2D eigenvalue weighted by Crippen LogP contribution is -2.69. The minimum atomic E-state index is -4.53. The van der Waals surface area contributed by atoms with E-state index in [0.29, 0.717) is 0 Å². The molecule has 1 unspecified atom stereocenters. The van der Waals surface area contributed by atoms with Gasteiger partial charge in [-0.25, -0.2) is 4.79 Å².